The molecule has 0 aromatic carbocycles. The zero-order valence-electron chi connectivity index (χ0n) is 22.4. The highest BCUT2D eigenvalue weighted by atomic mass is 16.6. The number of nitrogens with zero attached hydrogens (tertiary/aromatic N) is 1. The smallest absolute Gasteiger partial charge is 0.407 e. The third-order valence-electron chi connectivity index (χ3n) is 6.27. The second kappa shape index (κ2) is 13.6. The van der Waals surface area contributed by atoms with Crippen LogP contribution in [0.5, 0.6) is 0 Å². The lowest BCUT2D eigenvalue weighted by molar-refractivity contribution is -0.123. The minimum atomic E-state index is -0.543. The highest BCUT2D eigenvalue weighted by Crippen LogP contribution is 2.28. The monoisotopic (exact) mass is 483 g/mol. The first-order chi connectivity index (χ1) is 15.9. The normalized spacial score (nSPS) is 20.4. The molecular formula is C26H49N3O5. The maximum Gasteiger partial charge on any atom is 0.407 e. The Morgan fingerprint density at radius 1 is 0.971 bits per heavy atom. The van der Waals surface area contributed by atoms with Crippen LogP contribution in [0.2, 0.25) is 0 Å². The second-order valence-corrected chi connectivity index (χ2v) is 11.8. The summed E-state index contributed by atoms with van der Waals surface area (Å²) in [6, 6.07) is -0.138. The van der Waals surface area contributed by atoms with Crippen molar-refractivity contribution in [3.63, 3.8) is 0 Å². The third-order valence-corrected chi connectivity index (χ3v) is 6.27. The molecule has 2 rings (SSSR count). The summed E-state index contributed by atoms with van der Waals surface area (Å²) in [5.41, 5.74) is -0.810. The van der Waals surface area contributed by atoms with Crippen molar-refractivity contribution in [1.82, 2.24) is 15.5 Å². The molecule has 8 nitrogen and oxygen atoms in total. The number of amides is 2. The van der Waals surface area contributed by atoms with Crippen LogP contribution in [0, 0.1) is 5.92 Å². The largest absolute Gasteiger partial charge is 0.444 e. The van der Waals surface area contributed by atoms with Gasteiger partial charge in [-0.25, -0.2) is 4.79 Å². The third kappa shape index (κ3) is 12.4. The van der Waals surface area contributed by atoms with Crippen LogP contribution < -0.4 is 10.6 Å². The molecule has 1 aliphatic heterocycles. The number of carbonyl (C=O) groups excluding carboxylic acids is 2. The Bertz CT molecular complexity index is 617. The first-order valence-corrected chi connectivity index (χ1v) is 13.1. The van der Waals surface area contributed by atoms with Crippen LogP contribution in [0.15, 0.2) is 0 Å². The van der Waals surface area contributed by atoms with Crippen LogP contribution in [0.3, 0.4) is 0 Å². The molecule has 1 aliphatic carbocycles. The van der Waals surface area contributed by atoms with Gasteiger partial charge in [-0.1, -0.05) is 19.3 Å². The van der Waals surface area contributed by atoms with Gasteiger partial charge in [-0.3, -0.25) is 9.69 Å². The first kappa shape index (κ1) is 28.9. The van der Waals surface area contributed by atoms with Gasteiger partial charge in [0.05, 0.1) is 31.5 Å². The van der Waals surface area contributed by atoms with Crippen LogP contribution in [0.4, 0.5) is 4.79 Å². The molecule has 2 unspecified atom stereocenters. The van der Waals surface area contributed by atoms with E-state index in [0.29, 0.717) is 25.4 Å². The molecule has 0 aromatic heterocycles. The van der Waals surface area contributed by atoms with E-state index in [4.69, 9.17) is 14.2 Å². The number of nitrogens with one attached hydrogen (secondary N) is 2. The Morgan fingerprint density at radius 3 is 2.21 bits per heavy atom. The fourth-order valence-electron chi connectivity index (χ4n) is 4.59. The summed E-state index contributed by atoms with van der Waals surface area (Å²) in [6.45, 7) is 16.1. The van der Waals surface area contributed by atoms with Crippen LogP contribution in [-0.2, 0) is 19.0 Å². The topological polar surface area (TPSA) is 89.1 Å². The Kier molecular flexibility index (Phi) is 11.6. The lowest BCUT2D eigenvalue weighted by Crippen LogP contribution is -2.50. The van der Waals surface area contributed by atoms with E-state index in [0.717, 1.165) is 45.7 Å². The van der Waals surface area contributed by atoms with Gasteiger partial charge >= 0.3 is 6.09 Å². The number of hydrogen-bond donors (Lipinski definition) is 2. The summed E-state index contributed by atoms with van der Waals surface area (Å²) in [4.78, 5) is 27.8. The molecule has 8 heteroatoms. The van der Waals surface area contributed by atoms with E-state index in [2.05, 4.69) is 15.5 Å². The van der Waals surface area contributed by atoms with E-state index >= 15 is 0 Å². The molecule has 1 saturated carbocycles. The van der Waals surface area contributed by atoms with Crippen molar-refractivity contribution in [3.8, 4) is 0 Å². The number of hydrogen-bond acceptors (Lipinski definition) is 6. The van der Waals surface area contributed by atoms with Crippen LogP contribution in [0.1, 0.15) is 86.5 Å². The highest BCUT2D eigenvalue weighted by Gasteiger charge is 2.28. The molecule has 0 spiro atoms. The number of alkyl carbamates (subject to hydrolysis) is 1. The maximum absolute atomic E-state index is 13.0. The summed E-state index contributed by atoms with van der Waals surface area (Å²) in [5, 5.41) is 6.27. The van der Waals surface area contributed by atoms with Gasteiger partial charge in [0.2, 0.25) is 5.91 Å². The number of morpholine rings is 1. The van der Waals surface area contributed by atoms with Crippen molar-refractivity contribution in [3.05, 3.63) is 0 Å². The van der Waals surface area contributed by atoms with Crippen molar-refractivity contribution in [2.45, 2.75) is 110 Å². The quantitative estimate of drug-likeness (QED) is 0.490. The Hall–Kier alpha value is -1.38. The summed E-state index contributed by atoms with van der Waals surface area (Å²) in [6.07, 6.45) is 6.35. The molecule has 0 aromatic rings. The van der Waals surface area contributed by atoms with Crippen molar-refractivity contribution in [2.24, 2.45) is 5.92 Å². The molecule has 2 atom stereocenters. The average Bonchev–Trinajstić information content (AvgIpc) is 2.74. The zero-order valence-corrected chi connectivity index (χ0v) is 22.4. The van der Waals surface area contributed by atoms with Gasteiger partial charge in [-0.2, -0.15) is 0 Å². The Labute approximate surface area is 206 Å². The predicted octanol–water partition coefficient (Wildman–Crippen LogP) is 3.87. The summed E-state index contributed by atoms with van der Waals surface area (Å²) < 4.78 is 17.0. The molecule has 34 heavy (non-hydrogen) atoms. The summed E-state index contributed by atoms with van der Waals surface area (Å²) in [7, 11) is 0. The minimum absolute atomic E-state index is 0.00238. The standard InChI is InChI=1S/C26H49N3O5/c1-25(2,3)33-19-21(18-29-14-16-32-17-15-29)27-23(30)13-12-22(20-10-8-7-9-11-20)28-24(31)34-26(4,5)6/h20-22H,7-19H2,1-6H3,(H,27,30)(H,28,31). The SMILES string of the molecule is CC(C)(C)OCC(CN1CCOCC1)NC(=O)CCC(NC(=O)OC(C)(C)C)C1CCCCC1. The van der Waals surface area contributed by atoms with E-state index in [1.54, 1.807) is 0 Å². The summed E-state index contributed by atoms with van der Waals surface area (Å²) >= 11 is 0. The van der Waals surface area contributed by atoms with E-state index in [-0.39, 0.29) is 23.6 Å². The van der Waals surface area contributed by atoms with Crippen molar-refractivity contribution < 1.29 is 23.8 Å². The van der Waals surface area contributed by atoms with Gasteiger partial charge in [0.25, 0.3) is 0 Å². The van der Waals surface area contributed by atoms with Crippen molar-refractivity contribution in [1.29, 1.82) is 0 Å². The fraction of sp³-hybridized carbons (Fsp3) is 0.923. The number of ether oxygens (including phenoxy) is 3. The van der Waals surface area contributed by atoms with Gasteiger partial charge < -0.3 is 24.8 Å². The highest BCUT2D eigenvalue weighted by molar-refractivity contribution is 5.76. The van der Waals surface area contributed by atoms with E-state index in [1.165, 1.54) is 19.3 Å². The van der Waals surface area contributed by atoms with Gasteiger partial charge in [0.1, 0.15) is 5.60 Å². The van der Waals surface area contributed by atoms with Gasteiger partial charge in [-0.05, 0) is 66.7 Å². The first-order valence-electron chi connectivity index (χ1n) is 13.1. The molecule has 198 valence electrons. The van der Waals surface area contributed by atoms with E-state index in [9.17, 15) is 9.59 Å². The van der Waals surface area contributed by atoms with E-state index < -0.39 is 11.7 Å². The van der Waals surface area contributed by atoms with Gasteiger partial charge in [0.15, 0.2) is 0 Å². The fourth-order valence-corrected chi connectivity index (χ4v) is 4.59. The zero-order chi connectivity index (χ0) is 25.2. The van der Waals surface area contributed by atoms with E-state index in [1.807, 2.05) is 41.5 Å². The van der Waals surface area contributed by atoms with Crippen LogP contribution >= 0.6 is 0 Å². The molecule has 2 fully saturated rings. The van der Waals surface area contributed by atoms with Gasteiger partial charge in [0, 0.05) is 32.1 Å². The number of carbonyl (C=O) groups is 2. The van der Waals surface area contributed by atoms with Crippen molar-refractivity contribution >= 4 is 12.0 Å². The van der Waals surface area contributed by atoms with Crippen molar-refractivity contribution in [2.75, 3.05) is 39.5 Å². The van der Waals surface area contributed by atoms with Gasteiger partial charge in [-0.15, -0.1) is 0 Å². The Balaban J connectivity index is 1.93. The molecule has 0 bridgehead atoms. The predicted molar refractivity (Wildman–Crippen MR) is 134 cm³/mol. The lowest BCUT2D eigenvalue weighted by Gasteiger charge is -2.33. The molecular weight excluding hydrogens is 434 g/mol. The summed E-state index contributed by atoms with van der Waals surface area (Å²) in [5.74, 6) is 0.394. The molecule has 1 saturated heterocycles. The Morgan fingerprint density at radius 2 is 1.62 bits per heavy atom. The lowest BCUT2D eigenvalue weighted by atomic mass is 9.82. The number of rotatable bonds is 10. The van der Waals surface area contributed by atoms with Crippen LogP contribution in [-0.4, -0.2) is 79.6 Å². The molecule has 1 heterocycles. The molecule has 2 aliphatic rings. The molecule has 2 N–H and O–H groups in total. The van der Waals surface area contributed by atoms with Crippen LogP contribution in [0.25, 0.3) is 0 Å². The average molecular weight is 484 g/mol. The molecule has 0 radical (unpaired) electrons. The molecule has 2 amide bonds. The second-order valence-electron chi connectivity index (χ2n) is 11.8. The maximum atomic E-state index is 13.0. The minimum Gasteiger partial charge on any atom is -0.444 e.